The molecule has 7 rings (SSSR count). The average molecular weight is 476 g/mol. The Morgan fingerprint density at radius 3 is 1.89 bits per heavy atom. The van der Waals surface area contributed by atoms with Gasteiger partial charge < -0.3 is 20.6 Å². The Bertz CT molecular complexity index is 1530. The third-order valence-electron chi connectivity index (χ3n) is 6.59. The summed E-state index contributed by atoms with van der Waals surface area (Å²) in [6.07, 6.45) is 3.92. The maximum Gasteiger partial charge on any atom is 0.157 e. The molecular formula is C27H25N9. The maximum atomic E-state index is 4.86. The highest BCUT2D eigenvalue weighted by Gasteiger charge is 2.17. The molecule has 5 heterocycles. The Balaban J connectivity index is 1.27. The third kappa shape index (κ3) is 3.69. The molecule has 0 spiro atoms. The summed E-state index contributed by atoms with van der Waals surface area (Å²) < 4.78 is 0. The molecule has 5 aromatic rings. The second-order valence-electron chi connectivity index (χ2n) is 9.06. The van der Waals surface area contributed by atoms with Gasteiger partial charge in [0.15, 0.2) is 5.82 Å². The summed E-state index contributed by atoms with van der Waals surface area (Å²) in [4.78, 5) is 30.6. The number of hydrogen-bond donors (Lipinski definition) is 4. The SMILES string of the molecule is c1cnc(-c2nc3ccc(C4=NCCCN4)cc3[nH]2)c(-c2nc3ccc(C4=NCCCN4)cc3[nH]2)c1. The van der Waals surface area contributed by atoms with Gasteiger partial charge >= 0.3 is 0 Å². The van der Waals surface area contributed by atoms with Gasteiger partial charge in [0.2, 0.25) is 0 Å². The molecule has 3 aromatic heterocycles. The lowest BCUT2D eigenvalue weighted by Crippen LogP contribution is -2.30. The molecule has 9 heteroatoms. The van der Waals surface area contributed by atoms with Crippen molar-refractivity contribution in [1.29, 1.82) is 0 Å². The number of benzene rings is 2. The van der Waals surface area contributed by atoms with Gasteiger partial charge in [-0.1, -0.05) is 0 Å². The van der Waals surface area contributed by atoms with E-state index >= 15 is 0 Å². The lowest BCUT2D eigenvalue weighted by atomic mass is 10.1. The van der Waals surface area contributed by atoms with Gasteiger partial charge in [-0.05, 0) is 61.4 Å². The van der Waals surface area contributed by atoms with E-state index in [4.69, 9.17) is 9.97 Å². The predicted molar refractivity (Wildman–Crippen MR) is 142 cm³/mol. The van der Waals surface area contributed by atoms with Crippen molar-refractivity contribution in [3.63, 3.8) is 0 Å². The summed E-state index contributed by atoms with van der Waals surface area (Å²) in [6.45, 7) is 3.62. The van der Waals surface area contributed by atoms with Crippen molar-refractivity contribution >= 4 is 33.7 Å². The molecule has 0 bridgehead atoms. The Morgan fingerprint density at radius 2 is 1.28 bits per heavy atom. The second-order valence-corrected chi connectivity index (χ2v) is 9.06. The largest absolute Gasteiger partial charge is 0.370 e. The first kappa shape index (κ1) is 20.8. The van der Waals surface area contributed by atoms with E-state index in [0.717, 1.165) is 101 Å². The van der Waals surface area contributed by atoms with Crippen LogP contribution < -0.4 is 10.6 Å². The summed E-state index contributed by atoms with van der Waals surface area (Å²) in [7, 11) is 0. The van der Waals surface area contributed by atoms with Crippen molar-refractivity contribution in [1.82, 2.24) is 35.6 Å². The zero-order valence-electron chi connectivity index (χ0n) is 19.7. The molecule has 2 aliphatic rings. The molecule has 2 aliphatic heterocycles. The molecule has 0 unspecified atom stereocenters. The van der Waals surface area contributed by atoms with E-state index in [9.17, 15) is 0 Å². The topological polar surface area (TPSA) is 119 Å². The number of rotatable bonds is 4. The van der Waals surface area contributed by atoms with Gasteiger partial charge in [0.25, 0.3) is 0 Å². The number of fused-ring (bicyclic) bond motifs is 2. The highest BCUT2D eigenvalue weighted by molar-refractivity contribution is 6.02. The Labute approximate surface area is 207 Å². The molecule has 0 fully saturated rings. The smallest absolute Gasteiger partial charge is 0.157 e. The quantitative estimate of drug-likeness (QED) is 0.316. The van der Waals surface area contributed by atoms with Gasteiger partial charge in [-0.25, -0.2) is 9.97 Å². The number of aromatic nitrogens is 5. The fourth-order valence-corrected chi connectivity index (χ4v) is 4.79. The van der Waals surface area contributed by atoms with Crippen molar-refractivity contribution in [3.05, 3.63) is 65.9 Å². The molecule has 36 heavy (non-hydrogen) atoms. The number of nitrogens with one attached hydrogen (secondary N) is 4. The molecule has 178 valence electrons. The van der Waals surface area contributed by atoms with Gasteiger partial charge in [-0.15, -0.1) is 0 Å². The van der Waals surface area contributed by atoms with Crippen LogP contribution >= 0.6 is 0 Å². The molecule has 0 radical (unpaired) electrons. The van der Waals surface area contributed by atoms with E-state index < -0.39 is 0 Å². The number of amidine groups is 2. The van der Waals surface area contributed by atoms with E-state index in [1.165, 1.54) is 0 Å². The average Bonchev–Trinajstić information content (AvgIpc) is 3.57. The van der Waals surface area contributed by atoms with E-state index in [-0.39, 0.29) is 0 Å². The van der Waals surface area contributed by atoms with Crippen molar-refractivity contribution in [2.75, 3.05) is 26.2 Å². The van der Waals surface area contributed by atoms with Gasteiger partial charge in [0.05, 0.1) is 22.1 Å². The van der Waals surface area contributed by atoms with E-state index in [1.54, 1.807) is 6.20 Å². The molecule has 9 nitrogen and oxygen atoms in total. The Morgan fingerprint density at radius 1 is 0.667 bits per heavy atom. The summed E-state index contributed by atoms with van der Waals surface area (Å²) in [6, 6.07) is 16.3. The molecule has 0 saturated carbocycles. The number of imidazole rings is 2. The molecule has 0 aliphatic carbocycles. The molecule has 0 amide bonds. The van der Waals surface area contributed by atoms with Gasteiger partial charge in [0.1, 0.15) is 23.2 Å². The summed E-state index contributed by atoms with van der Waals surface area (Å²) in [5.41, 5.74) is 7.46. The standard InChI is InChI=1S/C27H25N9/c1-4-18(26-33-19-7-5-16(14-21(19)35-26)24-29-10-2-11-30-24)23(28-9-1)27-34-20-8-6-17(15-22(20)36-27)25-31-12-3-13-32-25/h1,4-9,14-15H,2-3,10-13H2,(H,29,30)(H,31,32)(H,33,35)(H,34,36). The zero-order valence-corrected chi connectivity index (χ0v) is 19.7. The number of nitrogens with zero attached hydrogens (tertiary/aromatic N) is 5. The molecule has 4 N–H and O–H groups in total. The molecule has 0 saturated heterocycles. The van der Waals surface area contributed by atoms with Crippen LogP contribution in [0.2, 0.25) is 0 Å². The van der Waals surface area contributed by atoms with Crippen LogP contribution in [0, 0.1) is 0 Å². The minimum atomic E-state index is 0.707. The first-order valence-electron chi connectivity index (χ1n) is 12.3. The lowest BCUT2D eigenvalue weighted by Gasteiger charge is -2.14. The van der Waals surface area contributed by atoms with E-state index in [0.29, 0.717) is 5.82 Å². The van der Waals surface area contributed by atoms with Crippen LogP contribution in [0.5, 0.6) is 0 Å². The predicted octanol–water partition coefficient (Wildman–Crippen LogP) is 3.65. The lowest BCUT2D eigenvalue weighted by molar-refractivity contribution is 0.742. The van der Waals surface area contributed by atoms with Crippen LogP contribution in [0.1, 0.15) is 24.0 Å². The van der Waals surface area contributed by atoms with Crippen molar-refractivity contribution in [3.8, 4) is 22.9 Å². The van der Waals surface area contributed by atoms with Gasteiger partial charge in [-0.2, -0.15) is 0 Å². The first-order valence-corrected chi connectivity index (χ1v) is 12.3. The minimum absolute atomic E-state index is 0.707. The molecule has 2 aromatic carbocycles. The highest BCUT2D eigenvalue weighted by atomic mass is 15.0. The number of pyridine rings is 1. The maximum absolute atomic E-state index is 4.86. The fraction of sp³-hybridized carbons (Fsp3) is 0.222. The number of aliphatic imine (C=N–C) groups is 2. The van der Waals surface area contributed by atoms with Gasteiger partial charge in [-0.3, -0.25) is 15.0 Å². The molecule has 0 atom stereocenters. The minimum Gasteiger partial charge on any atom is -0.370 e. The fourth-order valence-electron chi connectivity index (χ4n) is 4.79. The van der Waals surface area contributed by atoms with Crippen LogP contribution in [0.25, 0.3) is 45.0 Å². The Hall–Kier alpha value is -4.53. The van der Waals surface area contributed by atoms with E-state index in [2.05, 4.69) is 59.8 Å². The van der Waals surface area contributed by atoms with Crippen molar-refractivity contribution < 1.29 is 0 Å². The van der Waals surface area contributed by atoms with Gasteiger partial charge in [0, 0.05) is 49.1 Å². The zero-order chi connectivity index (χ0) is 23.9. The summed E-state index contributed by atoms with van der Waals surface area (Å²) in [5.74, 6) is 3.34. The Kier molecular flexibility index (Phi) is 4.97. The van der Waals surface area contributed by atoms with Crippen LogP contribution in [0.4, 0.5) is 0 Å². The third-order valence-corrected chi connectivity index (χ3v) is 6.59. The van der Waals surface area contributed by atoms with E-state index in [1.807, 2.05) is 24.3 Å². The van der Waals surface area contributed by atoms with Crippen LogP contribution in [0.15, 0.2) is 64.7 Å². The molecular weight excluding hydrogens is 450 g/mol. The monoisotopic (exact) mass is 475 g/mol. The summed E-state index contributed by atoms with van der Waals surface area (Å²) >= 11 is 0. The number of aromatic amines is 2. The van der Waals surface area contributed by atoms with Crippen LogP contribution in [-0.4, -0.2) is 62.8 Å². The van der Waals surface area contributed by atoms with Crippen LogP contribution in [-0.2, 0) is 0 Å². The number of H-pyrrole nitrogens is 2. The second kappa shape index (κ2) is 8.60. The highest BCUT2D eigenvalue weighted by Crippen LogP contribution is 2.30. The normalized spacial score (nSPS) is 15.9. The first-order chi connectivity index (χ1) is 17.8. The summed E-state index contributed by atoms with van der Waals surface area (Å²) in [5, 5.41) is 6.77. The van der Waals surface area contributed by atoms with Crippen molar-refractivity contribution in [2.45, 2.75) is 12.8 Å². The van der Waals surface area contributed by atoms with Crippen molar-refractivity contribution in [2.24, 2.45) is 9.98 Å². The number of hydrogen-bond acceptors (Lipinski definition) is 7. The van der Waals surface area contributed by atoms with Crippen LogP contribution in [0.3, 0.4) is 0 Å².